The molecule has 2 heterocycles. The Balaban J connectivity index is 1.74. The second-order valence-corrected chi connectivity index (χ2v) is 11.2. The van der Waals surface area contributed by atoms with Gasteiger partial charge < -0.3 is 13.9 Å². The topological polar surface area (TPSA) is 69.4 Å². The van der Waals surface area contributed by atoms with E-state index in [-0.39, 0.29) is 16.3 Å². The van der Waals surface area contributed by atoms with E-state index >= 15 is 0 Å². The number of methoxy groups -OCH3 is 1. The first-order valence-corrected chi connectivity index (χ1v) is 12.2. The van der Waals surface area contributed by atoms with Crippen molar-refractivity contribution in [2.24, 2.45) is 5.41 Å². The minimum Gasteiger partial charge on any atom is -0.383 e. The number of imidazole rings is 1. The van der Waals surface area contributed by atoms with Crippen LogP contribution in [0.15, 0.2) is 47.9 Å². The van der Waals surface area contributed by atoms with Gasteiger partial charge in [-0.25, -0.2) is 13.4 Å². The Morgan fingerprint density at radius 3 is 2.58 bits per heavy atom. The average molecular weight is 447 g/mol. The number of nitrogens with zero attached hydrogens (tertiary/aromatic N) is 4. The van der Waals surface area contributed by atoms with E-state index in [4.69, 9.17) is 4.74 Å². The number of para-hydroxylation sites is 1. The molecule has 0 bridgehead atoms. The molecule has 0 aliphatic rings. The second-order valence-electron chi connectivity index (χ2n) is 9.30. The number of hydrogen-bond donors (Lipinski definition) is 0. The predicted molar refractivity (Wildman–Crippen MR) is 124 cm³/mol. The Morgan fingerprint density at radius 1 is 1.13 bits per heavy atom. The third kappa shape index (κ3) is 5.96. The smallest absolute Gasteiger partial charge is 0.227 e. The van der Waals surface area contributed by atoms with Crippen LogP contribution in [0.1, 0.15) is 26.5 Å². The zero-order chi connectivity index (χ0) is 22.6. The fourth-order valence-corrected chi connectivity index (χ4v) is 5.82. The molecule has 31 heavy (non-hydrogen) atoms. The molecule has 0 atom stereocenters. The fourth-order valence-electron chi connectivity index (χ4n) is 3.79. The van der Waals surface area contributed by atoms with Crippen molar-refractivity contribution in [1.29, 1.82) is 0 Å². The second kappa shape index (κ2) is 9.54. The molecule has 0 saturated heterocycles. The molecule has 7 nitrogen and oxygen atoms in total. The lowest BCUT2D eigenvalue weighted by Crippen LogP contribution is -2.27. The summed E-state index contributed by atoms with van der Waals surface area (Å²) in [5.74, 6) is 0.0555. The van der Waals surface area contributed by atoms with Crippen LogP contribution < -0.4 is 0 Å². The van der Waals surface area contributed by atoms with Gasteiger partial charge >= 0.3 is 0 Å². The molecule has 2 aromatic heterocycles. The van der Waals surface area contributed by atoms with Gasteiger partial charge in [-0.2, -0.15) is 0 Å². The Bertz CT molecular complexity index is 1110. The first-order valence-electron chi connectivity index (χ1n) is 10.6. The van der Waals surface area contributed by atoms with Gasteiger partial charge in [-0.3, -0.25) is 4.90 Å². The van der Waals surface area contributed by atoms with Gasteiger partial charge in [0.1, 0.15) is 0 Å². The summed E-state index contributed by atoms with van der Waals surface area (Å²) < 4.78 is 35.3. The van der Waals surface area contributed by atoms with E-state index in [1.54, 1.807) is 17.9 Å². The first kappa shape index (κ1) is 23.5. The van der Waals surface area contributed by atoms with E-state index in [1.165, 1.54) is 10.9 Å². The molecule has 1 aromatic carbocycles. The normalized spacial score (nSPS) is 12.8. The maximum Gasteiger partial charge on any atom is 0.227 e. The molecule has 0 saturated carbocycles. The van der Waals surface area contributed by atoms with Crippen LogP contribution in [0.25, 0.3) is 10.9 Å². The molecular weight excluding hydrogens is 412 g/mol. The molecule has 0 amide bonds. The highest BCUT2D eigenvalue weighted by atomic mass is 32.2. The molecule has 3 rings (SSSR count). The molecule has 0 radical (unpaired) electrons. The summed E-state index contributed by atoms with van der Waals surface area (Å²) in [5.41, 5.74) is 1.76. The van der Waals surface area contributed by atoms with Crippen LogP contribution in [-0.2, 0) is 34.2 Å². The van der Waals surface area contributed by atoms with Gasteiger partial charge in [-0.1, -0.05) is 39.0 Å². The van der Waals surface area contributed by atoms with Crippen molar-refractivity contribution in [2.75, 3.05) is 33.1 Å². The summed E-state index contributed by atoms with van der Waals surface area (Å²) in [6.45, 7) is 8.96. The Labute approximate surface area is 185 Å². The van der Waals surface area contributed by atoms with Crippen molar-refractivity contribution >= 4 is 20.7 Å². The number of rotatable bonds is 10. The Hall–Kier alpha value is -2.16. The van der Waals surface area contributed by atoms with Crippen LogP contribution in [0.2, 0.25) is 0 Å². The van der Waals surface area contributed by atoms with E-state index in [1.807, 2.05) is 33.9 Å². The average Bonchev–Trinajstić information content (AvgIpc) is 3.27. The van der Waals surface area contributed by atoms with Gasteiger partial charge in [0.25, 0.3) is 0 Å². The quantitative estimate of drug-likeness (QED) is 0.477. The van der Waals surface area contributed by atoms with Crippen molar-refractivity contribution in [3.8, 4) is 0 Å². The monoisotopic (exact) mass is 446 g/mol. The van der Waals surface area contributed by atoms with Crippen molar-refractivity contribution in [1.82, 2.24) is 19.0 Å². The van der Waals surface area contributed by atoms with E-state index in [0.717, 1.165) is 18.8 Å². The number of sulfone groups is 1. The SMILES string of the molecule is COCCn1c(CN(C)CCn2ccc3ccccc32)cnc1S(=O)(=O)CC(C)(C)C. The number of fused-ring (bicyclic) bond motifs is 1. The number of benzene rings is 1. The summed E-state index contributed by atoms with van der Waals surface area (Å²) in [6, 6.07) is 10.5. The maximum atomic E-state index is 13.0. The summed E-state index contributed by atoms with van der Waals surface area (Å²) in [7, 11) is 0.170. The minimum atomic E-state index is -3.49. The summed E-state index contributed by atoms with van der Waals surface area (Å²) in [5, 5.41) is 1.37. The van der Waals surface area contributed by atoms with Crippen LogP contribution in [0.4, 0.5) is 0 Å². The van der Waals surface area contributed by atoms with Crippen molar-refractivity contribution in [3.63, 3.8) is 0 Å². The molecule has 0 aliphatic heterocycles. The summed E-state index contributed by atoms with van der Waals surface area (Å²) in [4.78, 5) is 6.51. The van der Waals surface area contributed by atoms with Crippen LogP contribution in [0, 0.1) is 5.41 Å². The van der Waals surface area contributed by atoms with Gasteiger partial charge in [0.15, 0.2) is 0 Å². The highest BCUT2D eigenvalue weighted by Crippen LogP contribution is 2.23. The Morgan fingerprint density at radius 2 is 1.87 bits per heavy atom. The molecule has 8 heteroatoms. The van der Waals surface area contributed by atoms with E-state index in [2.05, 4.69) is 44.9 Å². The van der Waals surface area contributed by atoms with E-state index in [0.29, 0.717) is 19.7 Å². The molecule has 170 valence electrons. The summed E-state index contributed by atoms with van der Waals surface area (Å²) in [6.07, 6.45) is 3.80. The van der Waals surface area contributed by atoms with Gasteiger partial charge in [-0.15, -0.1) is 0 Å². The lowest BCUT2D eigenvalue weighted by Gasteiger charge is -2.21. The lowest BCUT2D eigenvalue weighted by molar-refractivity contribution is 0.182. The maximum absolute atomic E-state index is 13.0. The van der Waals surface area contributed by atoms with Crippen molar-refractivity contribution in [3.05, 3.63) is 48.4 Å². The molecule has 0 spiro atoms. The number of hydrogen-bond acceptors (Lipinski definition) is 5. The third-order valence-corrected chi connectivity index (χ3v) is 7.28. The zero-order valence-electron chi connectivity index (χ0n) is 19.2. The van der Waals surface area contributed by atoms with Gasteiger partial charge in [-0.05, 0) is 30.0 Å². The minimum absolute atomic E-state index is 0.0555. The number of likely N-dealkylation sites (N-methyl/N-ethyl adjacent to an activating group) is 1. The number of aromatic nitrogens is 3. The van der Waals surface area contributed by atoms with Gasteiger partial charge in [0.2, 0.25) is 15.0 Å². The third-order valence-electron chi connectivity index (χ3n) is 5.16. The van der Waals surface area contributed by atoms with Gasteiger partial charge in [0, 0.05) is 45.0 Å². The zero-order valence-corrected chi connectivity index (χ0v) is 20.0. The van der Waals surface area contributed by atoms with Crippen LogP contribution in [0.5, 0.6) is 0 Å². The fraction of sp³-hybridized carbons (Fsp3) is 0.522. The molecule has 0 N–H and O–H groups in total. The summed E-state index contributed by atoms with van der Waals surface area (Å²) >= 11 is 0. The predicted octanol–water partition coefficient (Wildman–Crippen LogP) is 3.44. The lowest BCUT2D eigenvalue weighted by atomic mass is 10.0. The highest BCUT2D eigenvalue weighted by Gasteiger charge is 2.29. The molecule has 3 aromatic rings. The van der Waals surface area contributed by atoms with Crippen LogP contribution in [-0.4, -0.2) is 60.5 Å². The largest absolute Gasteiger partial charge is 0.383 e. The molecular formula is C23H34N4O3S. The Kier molecular flexibility index (Phi) is 7.24. The van der Waals surface area contributed by atoms with Crippen molar-refractivity contribution < 1.29 is 13.2 Å². The molecule has 0 aliphatic carbocycles. The van der Waals surface area contributed by atoms with E-state index in [9.17, 15) is 8.42 Å². The van der Waals surface area contributed by atoms with E-state index < -0.39 is 9.84 Å². The first-order chi connectivity index (χ1) is 14.6. The number of ether oxygens (including phenoxy) is 1. The standard InChI is InChI=1S/C23H34N4O3S/c1-23(2,3)18-31(28,29)22-24-16-20(27(22)14-15-30-5)17-25(4)12-13-26-11-10-19-8-6-7-9-21(19)26/h6-11,16H,12-15,17-18H2,1-5H3. The van der Waals surface area contributed by atoms with Gasteiger partial charge in [0.05, 0.1) is 24.3 Å². The highest BCUT2D eigenvalue weighted by molar-refractivity contribution is 7.91. The molecule has 0 fully saturated rings. The van der Waals surface area contributed by atoms with Crippen LogP contribution >= 0.6 is 0 Å². The van der Waals surface area contributed by atoms with Crippen LogP contribution in [0.3, 0.4) is 0 Å². The molecule has 0 unspecified atom stereocenters. The van der Waals surface area contributed by atoms with Crippen molar-refractivity contribution in [2.45, 2.75) is 45.6 Å².